The minimum atomic E-state index is 0.659. The van der Waals surface area contributed by atoms with E-state index in [1.165, 1.54) is 0 Å². The second-order valence-corrected chi connectivity index (χ2v) is 3.38. The smallest absolute Gasteiger partial charge is 0.146 e. The van der Waals surface area contributed by atoms with Crippen LogP contribution in [0.25, 0.3) is 10.9 Å². The minimum absolute atomic E-state index is 0.659. The Kier molecular flexibility index (Phi) is 1.93. The third-order valence-electron chi connectivity index (χ3n) is 2.15. The van der Waals surface area contributed by atoms with Crippen LogP contribution in [-0.4, -0.2) is 12.1 Å². The lowest BCUT2D eigenvalue weighted by Gasteiger charge is -2.06. The molecule has 0 saturated carbocycles. The van der Waals surface area contributed by atoms with E-state index in [9.17, 15) is 0 Å². The van der Waals surface area contributed by atoms with Gasteiger partial charge in [-0.1, -0.05) is 11.6 Å². The fraction of sp³-hybridized carbons (Fsp3) is 0.200. The van der Waals surface area contributed by atoms with Gasteiger partial charge in [-0.05, 0) is 24.6 Å². The number of hydrogen-bond donors (Lipinski definition) is 1. The van der Waals surface area contributed by atoms with Crippen molar-refractivity contribution in [1.29, 1.82) is 0 Å². The Bertz CT molecular complexity index is 447. The van der Waals surface area contributed by atoms with Gasteiger partial charge >= 0.3 is 0 Å². The average molecular weight is 196 g/mol. The quantitative estimate of drug-likeness (QED) is 0.743. The molecule has 0 bridgehead atoms. The van der Waals surface area contributed by atoms with E-state index in [2.05, 4.69) is 4.98 Å². The van der Waals surface area contributed by atoms with Crippen molar-refractivity contribution in [3.63, 3.8) is 0 Å². The zero-order valence-electron chi connectivity index (χ0n) is 7.52. The molecule has 1 aromatic heterocycles. The lowest BCUT2D eigenvalue weighted by Crippen LogP contribution is -1.86. The highest BCUT2D eigenvalue weighted by Gasteiger charge is 2.09. The van der Waals surface area contributed by atoms with Gasteiger partial charge < -0.3 is 9.72 Å². The number of rotatable bonds is 1. The number of methoxy groups -OCH3 is 1. The van der Waals surface area contributed by atoms with Crippen LogP contribution in [0.15, 0.2) is 18.3 Å². The van der Waals surface area contributed by atoms with Crippen LogP contribution in [0.3, 0.4) is 0 Å². The van der Waals surface area contributed by atoms with Crippen molar-refractivity contribution in [2.24, 2.45) is 0 Å². The maximum atomic E-state index is 6.03. The Morgan fingerprint density at radius 1 is 1.46 bits per heavy atom. The van der Waals surface area contributed by atoms with E-state index in [-0.39, 0.29) is 0 Å². The Balaban J connectivity index is 2.88. The molecule has 0 aliphatic heterocycles. The first-order valence-electron chi connectivity index (χ1n) is 4.04. The highest BCUT2D eigenvalue weighted by molar-refractivity contribution is 6.33. The molecule has 0 unspecified atom stereocenters. The zero-order valence-corrected chi connectivity index (χ0v) is 8.27. The number of ether oxygens (including phenoxy) is 1. The van der Waals surface area contributed by atoms with Crippen molar-refractivity contribution in [3.8, 4) is 5.75 Å². The molecule has 3 heteroatoms. The molecule has 2 nitrogen and oxygen atoms in total. The van der Waals surface area contributed by atoms with Crippen LogP contribution in [0.1, 0.15) is 5.56 Å². The third-order valence-corrected chi connectivity index (χ3v) is 2.43. The Labute approximate surface area is 81.5 Å². The van der Waals surface area contributed by atoms with Crippen LogP contribution in [0.2, 0.25) is 5.02 Å². The molecule has 0 spiro atoms. The van der Waals surface area contributed by atoms with Crippen molar-refractivity contribution in [1.82, 2.24) is 4.98 Å². The summed E-state index contributed by atoms with van der Waals surface area (Å²) in [7, 11) is 1.63. The highest BCUT2D eigenvalue weighted by atomic mass is 35.5. The molecule has 1 aromatic carbocycles. The molecule has 2 rings (SSSR count). The normalized spacial score (nSPS) is 10.7. The molecule has 2 aromatic rings. The topological polar surface area (TPSA) is 25.0 Å². The second kappa shape index (κ2) is 2.96. The highest BCUT2D eigenvalue weighted by Crippen LogP contribution is 2.34. The van der Waals surface area contributed by atoms with Gasteiger partial charge in [0.1, 0.15) is 5.75 Å². The molecule has 0 amide bonds. The summed E-state index contributed by atoms with van der Waals surface area (Å²) in [4.78, 5) is 3.15. The summed E-state index contributed by atoms with van der Waals surface area (Å²) in [5, 5.41) is 1.69. The van der Waals surface area contributed by atoms with Gasteiger partial charge in [0.2, 0.25) is 0 Å². The largest absolute Gasteiger partial charge is 0.494 e. The predicted octanol–water partition coefficient (Wildman–Crippen LogP) is 3.14. The molecule has 0 atom stereocenters. The summed E-state index contributed by atoms with van der Waals surface area (Å²) < 4.78 is 5.22. The standard InChI is InChI=1S/C10H10ClNO/c1-6-5-8(11)10(13-2)7-3-4-12-9(6)7/h3-5,12H,1-2H3. The van der Waals surface area contributed by atoms with Gasteiger partial charge in [0.05, 0.1) is 17.6 Å². The summed E-state index contributed by atoms with van der Waals surface area (Å²) in [5.74, 6) is 0.739. The lowest BCUT2D eigenvalue weighted by molar-refractivity contribution is 0.420. The number of fused-ring (bicyclic) bond motifs is 1. The fourth-order valence-electron chi connectivity index (χ4n) is 1.55. The van der Waals surface area contributed by atoms with E-state index in [0.29, 0.717) is 5.02 Å². The zero-order chi connectivity index (χ0) is 9.42. The predicted molar refractivity (Wildman–Crippen MR) is 54.6 cm³/mol. The maximum absolute atomic E-state index is 6.03. The molecule has 0 saturated heterocycles. The van der Waals surface area contributed by atoms with Crippen molar-refractivity contribution in [2.45, 2.75) is 6.92 Å². The van der Waals surface area contributed by atoms with Crippen LogP contribution in [0, 0.1) is 6.92 Å². The van der Waals surface area contributed by atoms with Crippen molar-refractivity contribution in [3.05, 3.63) is 28.9 Å². The molecule has 1 N–H and O–H groups in total. The van der Waals surface area contributed by atoms with Crippen molar-refractivity contribution < 1.29 is 4.74 Å². The molecule has 1 heterocycles. The van der Waals surface area contributed by atoms with E-state index in [4.69, 9.17) is 16.3 Å². The summed E-state index contributed by atoms with van der Waals surface area (Å²) in [5.41, 5.74) is 2.21. The minimum Gasteiger partial charge on any atom is -0.494 e. The Hall–Kier alpha value is -1.15. The second-order valence-electron chi connectivity index (χ2n) is 2.97. The van der Waals surface area contributed by atoms with Crippen LogP contribution >= 0.6 is 11.6 Å². The van der Waals surface area contributed by atoms with Crippen LogP contribution in [-0.2, 0) is 0 Å². The molecule has 0 aliphatic carbocycles. The summed E-state index contributed by atoms with van der Waals surface area (Å²) in [6, 6.07) is 3.87. The number of hydrogen-bond acceptors (Lipinski definition) is 1. The number of aromatic amines is 1. The van der Waals surface area contributed by atoms with Gasteiger partial charge in [-0.3, -0.25) is 0 Å². The van der Waals surface area contributed by atoms with Crippen LogP contribution in [0.5, 0.6) is 5.75 Å². The summed E-state index contributed by atoms with van der Waals surface area (Å²) >= 11 is 6.03. The first-order valence-corrected chi connectivity index (χ1v) is 4.42. The molecule has 13 heavy (non-hydrogen) atoms. The Morgan fingerprint density at radius 3 is 2.92 bits per heavy atom. The first-order chi connectivity index (χ1) is 6.24. The number of nitrogens with one attached hydrogen (secondary N) is 1. The third kappa shape index (κ3) is 1.18. The van der Waals surface area contributed by atoms with E-state index in [1.54, 1.807) is 7.11 Å². The van der Waals surface area contributed by atoms with E-state index < -0.39 is 0 Å². The molecule has 68 valence electrons. The average Bonchev–Trinajstić information content (AvgIpc) is 2.53. The number of H-pyrrole nitrogens is 1. The van der Waals surface area contributed by atoms with Gasteiger partial charge in [-0.15, -0.1) is 0 Å². The van der Waals surface area contributed by atoms with E-state index >= 15 is 0 Å². The molecule has 0 radical (unpaired) electrons. The first kappa shape index (κ1) is 8.45. The molecular formula is C10H10ClNO. The monoisotopic (exact) mass is 195 g/mol. The number of aromatic nitrogens is 1. The van der Waals surface area contributed by atoms with Gasteiger partial charge in [0, 0.05) is 11.6 Å². The SMILES string of the molecule is COc1c(Cl)cc(C)c2[nH]ccc12. The van der Waals surface area contributed by atoms with Crippen molar-refractivity contribution in [2.75, 3.05) is 7.11 Å². The van der Waals surface area contributed by atoms with Gasteiger partial charge in [0.15, 0.2) is 0 Å². The Morgan fingerprint density at radius 2 is 2.23 bits per heavy atom. The van der Waals surface area contributed by atoms with Gasteiger partial charge in [0.25, 0.3) is 0 Å². The van der Waals surface area contributed by atoms with E-state index in [1.807, 2.05) is 25.3 Å². The number of halogens is 1. The number of aryl methyl sites for hydroxylation is 1. The number of benzene rings is 1. The van der Waals surface area contributed by atoms with Gasteiger partial charge in [-0.2, -0.15) is 0 Å². The molecule has 0 fully saturated rings. The molecular weight excluding hydrogens is 186 g/mol. The lowest BCUT2D eigenvalue weighted by atomic mass is 10.1. The maximum Gasteiger partial charge on any atom is 0.146 e. The summed E-state index contributed by atoms with van der Waals surface area (Å²) in [6.45, 7) is 2.02. The van der Waals surface area contributed by atoms with Crippen LogP contribution < -0.4 is 4.74 Å². The summed E-state index contributed by atoms with van der Waals surface area (Å²) in [6.07, 6.45) is 1.89. The molecule has 0 aliphatic rings. The fourth-order valence-corrected chi connectivity index (χ4v) is 1.89. The van der Waals surface area contributed by atoms with E-state index in [0.717, 1.165) is 22.2 Å². The van der Waals surface area contributed by atoms with Gasteiger partial charge in [-0.25, -0.2) is 0 Å². The van der Waals surface area contributed by atoms with Crippen LogP contribution in [0.4, 0.5) is 0 Å². The van der Waals surface area contributed by atoms with Crippen molar-refractivity contribution >= 4 is 22.5 Å².